The molecule has 2 nitrogen and oxygen atoms in total. The molecule has 2 heteroatoms. The van der Waals surface area contributed by atoms with Crippen molar-refractivity contribution >= 4 is 5.78 Å². The van der Waals surface area contributed by atoms with Crippen molar-refractivity contribution in [1.29, 1.82) is 0 Å². The van der Waals surface area contributed by atoms with Gasteiger partial charge >= 0.3 is 0 Å². The molecule has 1 aromatic rings. The molecule has 1 aromatic carbocycles. The van der Waals surface area contributed by atoms with Gasteiger partial charge in [0.15, 0.2) is 5.78 Å². The summed E-state index contributed by atoms with van der Waals surface area (Å²) in [7, 11) is 0. The average molecular weight is 246 g/mol. The van der Waals surface area contributed by atoms with E-state index in [0.717, 1.165) is 24.5 Å². The number of hydrogen-bond acceptors (Lipinski definition) is 2. The zero-order valence-corrected chi connectivity index (χ0v) is 11.1. The molecule has 0 bridgehead atoms. The highest BCUT2D eigenvalue weighted by Crippen LogP contribution is 2.31. The fourth-order valence-electron chi connectivity index (χ4n) is 2.68. The molecule has 0 atom stereocenters. The number of carbonyl (C=O) groups is 1. The smallest absolute Gasteiger partial charge is 0.173 e. The number of Topliss-reactive ketones (excluding diaryl/α,β-unsaturated/α-hetero) is 1. The Morgan fingerprint density at radius 1 is 1.17 bits per heavy atom. The van der Waals surface area contributed by atoms with E-state index in [1.807, 2.05) is 30.3 Å². The molecule has 0 amide bonds. The lowest BCUT2D eigenvalue weighted by Gasteiger charge is -2.26. The van der Waals surface area contributed by atoms with Crippen LogP contribution in [0.1, 0.15) is 39.0 Å². The minimum absolute atomic E-state index is 0.228. The molecule has 1 aliphatic rings. The van der Waals surface area contributed by atoms with Crippen molar-refractivity contribution in [2.45, 2.75) is 39.0 Å². The molecule has 0 aromatic heterocycles. The summed E-state index contributed by atoms with van der Waals surface area (Å²) in [5.74, 6) is 2.13. The second kappa shape index (κ2) is 6.58. The molecule has 1 aliphatic carbocycles. The highest BCUT2D eigenvalue weighted by Gasteiger charge is 2.25. The SMILES string of the molecule is CCC1CCC(C(=O)COc2ccccc2)CC1. The van der Waals surface area contributed by atoms with Crippen LogP contribution in [-0.4, -0.2) is 12.4 Å². The fourth-order valence-corrected chi connectivity index (χ4v) is 2.68. The summed E-state index contributed by atoms with van der Waals surface area (Å²) in [6.07, 6.45) is 5.77. The molecular weight excluding hydrogens is 224 g/mol. The average Bonchev–Trinajstić information content (AvgIpc) is 2.46. The molecule has 0 spiro atoms. The van der Waals surface area contributed by atoms with Crippen LogP contribution < -0.4 is 4.74 Å². The van der Waals surface area contributed by atoms with Gasteiger partial charge in [-0.3, -0.25) is 4.79 Å². The Labute approximate surface area is 109 Å². The zero-order valence-electron chi connectivity index (χ0n) is 11.1. The van der Waals surface area contributed by atoms with Gasteiger partial charge in [-0.1, -0.05) is 31.5 Å². The largest absolute Gasteiger partial charge is 0.486 e. The Bertz CT molecular complexity index is 364. The summed E-state index contributed by atoms with van der Waals surface area (Å²) in [5.41, 5.74) is 0. The quantitative estimate of drug-likeness (QED) is 0.788. The first kappa shape index (κ1) is 13.1. The number of hydrogen-bond donors (Lipinski definition) is 0. The van der Waals surface area contributed by atoms with Crippen LogP contribution in [0.3, 0.4) is 0 Å². The van der Waals surface area contributed by atoms with Gasteiger partial charge in [-0.25, -0.2) is 0 Å². The van der Waals surface area contributed by atoms with Gasteiger partial charge < -0.3 is 4.74 Å². The second-order valence-corrected chi connectivity index (χ2v) is 5.19. The lowest BCUT2D eigenvalue weighted by atomic mass is 9.79. The number of ketones is 1. The predicted octanol–water partition coefficient (Wildman–Crippen LogP) is 3.85. The molecule has 1 saturated carbocycles. The summed E-state index contributed by atoms with van der Waals surface area (Å²) in [5, 5.41) is 0. The Hall–Kier alpha value is -1.31. The van der Waals surface area contributed by atoms with Crippen LogP contribution in [0.2, 0.25) is 0 Å². The number of ether oxygens (including phenoxy) is 1. The van der Waals surface area contributed by atoms with Crippen LogP contribution in [0.4, 0.5) is 0 Å². The van der Waals surface area contributed by atoms with E-state index in [1.165, 1.54) is 19.3 Å². The number of benzene rings is 1. The minimum atomic E-state index is 0.228. The summed E-state index contributed by atoms with van der Waals surface area (Å²) >= 11 is 0. The maximum Gasteiger partial charge on any atom is 0.173 e. The molecule has 0 aliphatic heterocycles. The third-order valence-corrected chi connectivity index (χ3v) is 4.00. The van der Waals surface area contributed by atoms with Gasteiger partial charge in [0.2, 0.25) is 0 Å². The van der Waals surface area contributed by atoms with E-state index in [2.05, 4.69) is 6.92 Å². The van der Waals surface area contributed by atoms with Crippen molar-refractivity contribution in [3.8, 4) is 5.75 Å². The van der Waals surface area contributed by atoms with Crippen molar-refractivity contribution < 1.29 is 9.53 Å². The first-order chi connectivity index (χ1) is 8.79. The summed E-state index contributed by atoms with van der Waals surface area (Å²) < 4.78 is 5.52. The third kappa shape index (κ3) is 3.59. The predicted molar refractivity (Wildman–Crippen MR) is 72.7 cm³/mol. The number of carbonyl (C=O) groups excluding carboxylic acids is 1. The lowest BCUT2D eigenvalue weighted by molar-refractivity contribution is -0.126. The highest BCUT2D eigenvalue weighted by molar-refractivity contribution is 5.82. The maximum absolute atomic E-state index is 12.0. The molecule has 18 heavy (non-hydrogen) atoms. The summed E-state index contributed by atoms with van der Waals surface area (Å²) in [6.45, 7) is 2.47. The molecular formula is C16H22O2. The monoisotopic (exact) mass is 246 g/mol. The molecule has 1 fully saturated rings. The standard InChI is InChI=1S/C16H22O2/c1-2-13-8-10-14(11-9-13)16(17)12-18-15-6-4-3-5-7-15/h3-7,13-14H,2,8-12H2,1H3. The number of rotatable bonds is 5. The topological polar surface area (TPSA) is 26.3 Å². The van der Waals surface area contributed by atoms with E-state index < -0.39 is 0 Å². The van der Waals surface area contributed by atoms with Crippen molar-refractivity contribution in [2.24, 2.45) is 11.8 Å². The maximum atomic E-state index is 12.0. The first-order valence-electron chi connectivity index (χ1n) is 7.00. The van der Waals surface area contributed by atoms with E-state index in [0.29, 0.717) is 0 Å². The molecule has 0 heterocycles. The summed E-state index contributed by atoms with van der Waals surface area (Å²) in [4.78, 5) is 12.0. The van der Waals surface area contributed by atoms with Crippen LogP contribution in [0, 0.1) is 11.8 Å². The summed E-state index contributed by atoms with van der Waals surface area (Å²) in [6, 6.07) is 9.57. The second-order valence-electron chi connectivity index (χ2n) is 5.19. The van der Waals surface area contributed by atoms with Crippen LogP contribution in [0.5, 0.6) is 5.75 Å². The Morgan fingerprint density at radius 3 is 2.44 bits per heavy atom. The molecule has 0 unspecified atom stereocenters. The van der Waals surface area contributed by atoms with E-state index >= 15 is 0 Å². The fraction of sp³-hybridized carbons (Fsp3) is 0.562. The Balaban J connectivity index is 1.75. The van der Waals surface area contributed by atoms with Crippen LogP contribution in [-0.2, 0) is 4.79 Å². The highest BCUT2D eigenvalue weighted by atomic mass is 16.5. The van der Waals surface area contributed by atoms with Crippen molar-refractivity contribution in [2.75, 3.05) is 6.61 Å². The van der Waals surface area contributed by atoms with Crippen LogP contribution >= 0.6 is 0 Å². The molecule has 2 rings (SSSR count). The Morgan fingerprint density at radius 2 is 1.83 bits per heavy atom. The van der Waals surface area contributed by atoms with E-state index in [9.17, 15) is 4.79 Å². The van der Waals surface area contributed by atoms with Gasteiger partial charge in [0.25, 0.3) is 0 Å². The normalized spacial score (nSPS) is 23.6. The number of para-hydroxylation sites is 1. The van der Waals surface area contributed by atoms with Crippen LogP contribution in [0.25, 0.3) is 0 Å². The lowest BCUT2D eigenvalue weighted by Crippen LogP contribution is -2.26. The van der Waals surface area contributed by atoms with Crippen molar-refractivity contribution in [1.82, 2.24) is 0 Å². The van der Waals surface area contributed by atoms with Gasteiger partial charge in [-0.05, 0) is 43.7 Å². The first-order valence-corrected chi connectivity index (χ1v) is 7.00. The van der Waals surface area contributed by atoms with E-state index in [4.69, 9.17) is 4.74 Å². The minimum Gasteiger partial charge on any atom is -0.486 e. The van der Waals surface area contributed by atoms with Crippen molar-refractivity contribution in [3.05, 3.63) is 30.3 Å². The van der Waals surface area contributed by atoms with E-state index in [1.54, 1.807) is 0 Å². The zero-order chi connectivity index (χ0) is 12.8. The molecule has 0 saturated heterocycles. The van der Waals surface area contributed by atoms with E-state index in [-0.39, 0.29) is 18.3 Å². The van der Waals surface area contributed by atoms with Crippen LogP contribution in [0.15, 0.2) is 30.3 Å². The van der Waals surface area contributed by atoms with Gasteiger partial charge in [0.05, 0.1) is 0 Å². The van der Waals surface area contributed by atoms with Gasteiger partial charge in [0, 0.05) is 5.92 Å². The van der Waals surface area contributed by atoms with Gasteiger partial charge in [-0.2, -0.15) is 0 Å². The molecule has 0 radical (unpaired) electrons. The third-order valence-electron chi connectivity index (χ3n) is 4.00. The molecule has 0 N–H and O–H groups in total. The Kier molecular flexibility index (Phi) is 4.80. The van der Waals surface area contributed by atoms with Crippen molar-refractivity contribution in [3.63, 3.8) is 0 Å². The van der Waals surface area contributed by atoms with Gasteiger partial charge in [0.1, 0.15) is 12.4 Å². The molecule has 98 valence electrons. The van der Waals surface area contributed by atoms with Gasteiger partial charge in [-0.15, -0.1) is 0 Å².